The lowest BCUT2D eigenvalue weighted by Crippen LogP contribution is -2.14. The molecule has 0 aliphatic carbocycles. The predicted molar refractivity (Wildman–Crippen MR) is 39.1 cm³/mol. The molecule has 0 aliphatic heterocycles. The van der Waals surface area contributed by atoms with Crippen molar-refractivity contribution < 1.29 is 18.2 Å². The molecule has 0 fully saturated rings. The minimum Gasteiger partial charge on any atom is -0.450 e. The first-order valence-electron chi connectivity index (χ1n) is 3.19. The molecule has 1 aromatic carbocycles. The number of halogens is 3. The Morgan fingerprint density at radius 2 is 1.58 bits per heavy atom. The summed E-state index contributed by atoms with van der Waals surface area (Å²) in [6.45, 7) is 0. The first-order valence-corrected chi connectivity index (χ1v) is 3.19. The van der Waals surface area contributed by atoms with Crippen LogP contribution in [0.1, 0.15) is 5.56 Å². The van der Waals surface area contributed by atoms with E-state index < -0.39 is 11.7 Å². The Morgan fingerprint density at radius 3 is 1.92 bits per heavy atom. The van der Waals surface area contributed by atoms with Gasteiger partial charge in [-0.15, -0.1) is 0 Å². The van der Waals surface area contributed by atoms with Crippen LogP contribution in [0.4, 0.5) is 13.2 Å². The third kappa shape index (κ3) is 2.01. The Bertz CT molecular complexity index is 254. The van der Waals surface area contributed by atoms with Gasteiger partial charge in [-0.2, -0.15) is 13.2 Å². The fourth-order valence-electron chi connectivity index (χ4n) is 0.758. The minimum atomic E-state index is -4.31. The highest BCUT2D eigenvalue weighted by Crippen LogP contribution is 2.27. The van der Waals surface area contributed by atoms with Crippen LogP contribution in [0.15, 0.2) is 24.3 Å². The molecule has 0 saturated carbocycles. The van der Waals surface area contributed by atoms with Crippen molar-refractivity contribution in [2.24, 2.45) is 0 Å². The van der Waals surface area contributed by atoms with E-state index in [1.165, 1.54) is 12.1 Å². The standard InChI is InChI=1S/C7H5BF3O/c9-7(10,11)5-1-3-6(8-12)4-2-5/h1-4,12H. The molecule has 1 nitrogen and oxygen atoms in total. The first-order chi connectivity index (χ1) is 5.54. The van der Waals surface area contributed by atoms with E-state index >= 15 is 0 Å². The lowest BCUT2D eigenvalue weighted by Gasteiger charge is -2.05. The van der Waals surface area contributed by atoms with Crippen LogP contribution in [-0.2, 0) is 6.18 Å². The number of hydrogen-bond donors (Lipinski definition) is 1. The number of rotatable bonds is 1. The summed E-state index contributed by atoms with van der Waals surface area (Å²) in [6, 6.07) is 4.23. The van der Waals surface area contributed by atoms with Crippen LogP contribution in [0.25, 0.3) is 0 Å². The van der Waals surface area contributed by atoms with Crippen molar-refractivity contribution in [2.45, 2.75) is 6.18 Å². The molecule has 0 unspecified atom stereocenters. The lowest BCUT2D eigenvalue weighted by atomic mass is 9.88. The number of benzene rings is 1. The molecule has 0 amide bonds. The van der Waals surface area contributed by atoms with Crippen molar-refractivity contribution in [3.05, 3.63) is 29.8 Å². The van der Waals surface area contributed by atoms with Crippen molar-refractivity contribution in [1.82, 2.24) is 0 Å². The molecular weight excluding hydrogens is 168 g/mol. The molecule has 1 N–H and O–H groups in total. The molecular formula is C7H5BF3O. The third-order valence-electron chi connectivity index (χ3n) is 1.39. The number of hydrogen-bond acceptors (Lipinski definition) is 1. The van der Waals surface area contributed by atoms with E-state index in [1.807, 2.05) is 0 Å². The summed E-state index contributed by atoms with van der Waals surface area (Å²) in [4.78, 5) is 0. The van der Waals surface area contributed by atoms with E-state index in [-0.39, 0.29) is 0 Å². The van der Waals surface area contributed by atoms with Crippen LogP contribution in [0.3, 0.4) is 0 Å². The average molecular weight is 173 g/mol. The Balaban J connectivity index is 2.93. The fourth-order valence-corrected chi connectivity index (χ4v) is 0.758. The van der Waals surface area contributed by atoms with Crippen LogP contribution < -0.4 is 5.46 Å². The highest BCUT2D eigenvalue weighted by molar-refractivity contribution is 6.45. The van der Waals surface area contributed by atoms with Crippen molar-refractivity contribution in [3.8, 4) is 0 Å². The first kappa shape index (κ1) is 9.13. The van der Waals surface area contributed by atoms with Crippen LogP contribution in [0, 0.1) is 0 Å². The van der Waals surface area contributed by atoms with E-state index in [0.717, 1.165) is 19.6 Å². The lowest BCUT2D eigenvalue weighted by molar-refractivity contribution is -0.137. The van der Waals surface area contributed by atoms with Gasteiger partial charge in [-0.3, -0.25) is 0 Å². The smallest absolute Gasteiger partial charge is 0.416 e. The van der Waals surface area contributed by atoms with E-state index in [2.05, 4.69) is 0 Å². The van der Waals surface area contributed by atoms with Gasteiger partial charge in [0.15, 0.2) is 0 Å². The van der Waals surface area contributed by atoms with Gasteiger partial charge in [-0.1, -0.05) is 29.7 Å². The van der Waals surface area contributed by atoms with Crippen LogP contribution in [-0.4, -0.2) is 12.5 Å². The summed E-state index contributed by atoms with van der Waals surface area (Å²) in [5, 5.41) is 8.43. The molecule has 0 heterocycles. The molecule has 0 aliphatic rings. The van der Waals surface area contributed by atoms with Gasteiger partial charge >= 0.3 is 13.7 Å². The van der Waals surface area contributed by atoms with Gasteiger partial charge in [-0.25, -0.2) is 0 Å². The fraction of sp³-hybridized carbons (Fsp3) is 0.143. The van der Waals surface area contributed by atoms with Gasteiger partial charge in [0, 0.05) is 0 Å². The highest BCUT2D eigenvalue weighted by Gasteiger charge is 2.29. The Morgan fingerprint density at radius 1 is 1.08 bits per heavy atom. The minimum absolute atomic E-state index is 0.350. The molecule has 12 heavy (non-hydrogen) atoms. The average Bonchev–Trinajstić information content (AvgIpc) is 2.03. The molecule has 0 aromatic heterocycles. The highest BCUT2D eigenvalue weighted by atomic mass is 19.4. The Hall–Kier alpha value is -0.965. The molecule has 63 valence electrons. The second-order valence-corrected chi connectivity index (χ2v) is 2.25. The summed E-state index contributed by atoms with van der Waals surface area (Å²) in [7, 11) is 0.750. The molecule has 1 aromatic rings. The Labute approximate surface area is 68.1 Å². The van der Waals surface area contributed by atoms with Crippen molar-refractivity contribution >= 4 is 12.9 Å². The van der Waals surface area contributed by atoms with E-state index in [4.69, 9.17) is 5.02 Å². The monoisotopic (exact) mass is 173 g/mol. The van der Waals surface area contributed by atoms with Gasteiger partial charge in [0.1, 0.15) is 0 Å². The van der Waals surface area contributed by atoms with E-state index in [0.29, 0.717) is 5.46 Å². The molecule has 0 atom stereocenters. The van der Waals surface area contributed by atoms with Gasteiger partial charge in [0.25, 0.3) is 0 Å². The summed E-state index contributed by atoms with van der Waals surface area (Å²) < 4.78 is 35.9. The second kappa shape index (κ2) is 3.19. The normalized spacial score (nSPS) is 11.3. The zero-order chi connectivity index (χ0) is 9.19. The zero-order valence-corrected chi connectivity index (χ0v) is 5.97. The quantitative estimate of drug-likeness (QED) is 0.626. The third-order valence-corrected chi connectivity index (χ3v) is 1.39. The largest absolute Gasteiger partial charge is 0.450 e. The van der Waals surface area contributed by atoms with Gasteiger partial charge in [0.05, 0.1) is 5.56 Å². The second-order valence-electron chi connectivity index (χ2n) is 2.25. The summed E-state index contributed by atoms with van der Waals surface area (Å²) in [5.41, 5.74) is -0.365. The van der Waals surface area contributed by atoms with Gasteiger partial charge in [-0.05, 0) is 0 Å². The van der Waals surface area contributed by atoms with E-state index in [1.54, 1.807) is 0 Å². The van der Waals surface area contributed by atoms with Crippen molar-refractivity contribution in [3.63, 3.8) is 0 Å². The molecule has 0 bridgehead atoms. The summed E-state index contributed by atoms with van der Waals surface area (Å²) in [6.07, 6.45) is -4.31. The van der Waals surface area contributed by atoms with Crippen molar-refractivity contribution in [2.75, 3.05) is 0 Å². The summed E-state index contributed by atoms with van der Waals surface area (Å²) in [5.74, 6) is 0. The SMILES string of the molecule is O[B]c1ccc(C(F)(F)F)cc1. The van der Waals surface area contributed by atoms with Crippen LogP contribution in [0.2, 0.25) is 0 Å². The predicted octanol–water partition coefficient (Wildman–Crippen LogP) is 0.942. The zero-order valence-electron chi connectivity index (χ0n) is 5.97. The van der Waals surface area contributed by atoms with Crippen molar-refractivity contribution in [1.29, 1.82) is 0 Å². The molecule has 1 rings (SSSR count). The maximum atomic E-state index is 12.0. The van der Waals surface area contributed by atoms with Crippen LogP contribution in [0.5, 0.6) is 0 Å². The maximum Gasteiger partial charge on any atom is 0.416 e. The molecule has 5 heteroatoms. The molecule has 0 spiro atoms. The molecule has 0 saturated heterocycles. The van der Waals surface area contributed by atoms with Gasteiger partial charge in [0.2, 0.25) is 0 Å². The topological polar surface area (TPSA) is 20.2 Å². The van der Waals surface area contributed by atoms with E-state index in [9.17, 15) is 13.2 Å². The maximum absolute atomic E-state index is 12.0. The summed E-state index contributed by atoms with van der Waals surface area (Å²) >= 11 is 0. The Kier molecular flexibility index (Phi) is 2.42. The molecule has 1 radical (unpaired) electrons. The number of alkyl halides is 3. The van der Waals surface area contributed by atoms with Crippen LogP contribution >= 0.6 is 0 Å². The van der Waals surface area contributed by atoms with Gasteiger partial charge < -0.3 is 5.02 Å².